The lowest BCUT2D eigenvalue weighted by atomic mass is 10.1. The van der Waals surface area contributed by atoms with E-state index in [1.54, 1.807) is 35.2 Å². The van der Waals surface area contributed by atoms with E-state index < -0.39 is 11.7 Å². The number of Topliss-reactive ketones (excluding diaryl/α,β-unsaturated/α-hetero) is 1. The van der Waals surface area contributed by atoms with Crippen LogP contribution in [0.25, 0.3) is 11.0 Å². The first-order valence-electron chi connectivity index (χ1n) is 7.22. The van der Waals surface area contributed by atoms with Crippen LogP contribution < -0.4 is 5.32 Å². The molecule has 3 heterocycles. The second kappa shape index (κ2) is 7.04. The van der Waals surface area contributed by atoms with E-state index in [0.717, 1.165) is 0 Å². The standard InChI is InChI=1S/C17H12Cl2N4O2/c1-2-6-23-9-11(10-4-3-5-21-16(10)23)15(24)17(25)22-14-12(18)7-20-8-13(14)19/h2-5,7-9H,1,6H2,(H,20,22,25). The quantitative estimate of drug-likeness (QED) is 0.419. The van der Waals surface area contributed by atoms with E-state index in [1.807, 2.05) is 0 Å². The van der Waals surface area contributed by atoms with Crippen LogP contribution in [0.4, 0.5) is 5.69 Å². The van der Waals surface area contributed by atoms with Crippen molar-refractivity contribution in [3.05, 3.63) is 65.2 Å². The lowest BCUT2D eigenvalue weighted by Crippen LogP contribution is -2.23. The van der Waals surface area contributed by atoms with Gasteiger partial charge in [-0.15, -0.1) is 6.58 Å². The number of aromatic nitrogens is 3. The van der Waals surface area contributed by atoms with Crippen molar-refractivity contribution in [2.45, 2.75) is 6.54 Å². The monoisotopic (exact) mass is 374 g/mol. The molecule has 0 saturated carbocycles. The lowest BCUT2D eigenvalue weighted by Gasteiger charge is -2.07. The molecule has 0 atom stereocenters. The van der Waals surface area contributed by atoms with Gasteiger partial charge in [-0.05, 0) is 12.1 Å². The smallest absolute Gasteiger partial charge is 0.296 e. The Bertz CT molecular complexity index is 977. The first-order valence-corrected chi connectivity index (χ1v) is 7.98. The molecule has 0 saturated heterocycles. The van der Waals surface area contributed by atoms with Crippen LogP contribution in [0, 0.1) is 0 Å². The molecule has 0 aliphatic carbocycles. The topological polar surface area (TPSA) is 76.9 Å². The number of anilines is 1. The highest BCUT2D eigenvalue weighted by Crippen LogP contribution is 2.29. The maximum atomic E-state index is 12.6. The van der Waals surface area contributed by atoms with Crippen LogP contribution >= 0.6 is 23.2 Å². The fourth-order valence-electron chi connectivity index (χ4n) is 2.41. The van der Waals surface area contributed by atoms with E-state index in [0.29, 0.717) is 17.6 Å². The summed E-state index contributed by atoms with van der Waals surface area (Å²) in [6.45, 7) is 4.14. The van der Waals surface area contributed by atoms with Gasteiger partial charge in [-0.3, -0.25) is 14.6 Å². The molecule has 0 unspecified atom stereocenters. The Hall–Kier alpha value is -2.70. The normalized spacial score (nSPS) is 10.6. The Morgan fingerprint density at radius 3 is 2.68 bits per heavy atom. The number of nitrogens with one attached hydrogen (secondary N) is 1. The van der Waals surface area contributed by atoms with Crippen molar-refractivity contribution in [1.29, 1.82) is 0 Å². The summed E-state index contributed by atoms with van der Waals surface area (Å²) in [6.07, 6.45) is 7.53. The summed E-state index contributed by atoms with van der Waals surface area (Å²) in [5, 5.41) is 3.31. The fraction of sp³-hybridized carbons (Fsp3) is 0.0588. The molecule has 1 N–H and O–H groups in total. The number of carbonyl (C=O) groups excluding carboxylic acids is 2. The van der Waals surface area contributed by atoms with Gasteiger partial charge in [0.2, 0.25) is 0 Å². The SMILES string of the molecule is C=CCn1cc(C(=O)C(=O)Nc2c(Cl)cncc2Cl)c2cccnc21. The molecule has 3 rings (SSSR count). The maximum Gasteiger partial charge on any atom is 0.296 e. The number of carbonyl (C=O) groups is 2. The van der Waals surface area contributed by atoms with Crippen LogP contribution in [0.3, 0.4) is 0 Å². The van der Waals surface area contributed by atoms with Crippen LogP contribution in [0.15, 0.2) is 49.6 Å². The highest BCUT2D eigenvalue weighted by atomic mass is 35.5. The molecule has 1 amide bonds. The van der Waals surface area contributed by atoms with Gasteiger partial charge < -0.3 is 9.88 Å². The zero-order valence-corrected chi connectivity index (χ0v) is 14.4. The summed E-state index contributed by atoms with van der Waals surface area (Å²) in [7, 11) is 0. The largest absolute Gasteiger partial charge is 0.328 e. The van der Waals surface area contributed by atoms with Gasteiger partial charge >= 0.3 is 0 Å². The molecule has 3 aromatic rings. The van der Waals surface area contributed by atoms with Crippen LogP contribution in [-0.2, 0) is 11.3 Å². The first-order chi connectivity index (χ1) is 12.0. The number of hydrogen-bond donors (Lipinski definition) is 1. The van der Waals surface area contributed by atoms with E-state index in [9.17, 15) is 9.59 Å². The molecule has 0 fully saturated rings. The van der Waals surface area contributed by atoms with Gasteiger partial charge in [-0.2, -0.15) is 0 Å². The highest BCUT2D eigenvalue weighted by molar-refractivity contribution is 6.50. The molecule has 0 aliphatic heterocycles. The molecule has 25 heavy (non-hydrogen) atoms. The van der Waals surface area contributed by atoms with E-state index >= 15 is 0 Å². The highest BCUT2D eigenvalue weighted by Gasteiger charge is 2.23. The second-order valence-corrected chi connectivity index (χ2v) is 5.93. The molecule has 0 radical (unpaired) electrons. The molecule has 3 aromatic heterocycles. The van der Waals surface area contributed by atoms with Gasteiger partial charge in [0, 0.05) is 36.7 Å². The molecule has 0 bridgehead atoms. The predicted octanol–water partition coefficient (Wildman–Crippen LogP) is 3.75. The van der Waals surface area contributed by atoms with E-state index in [4.69, 9.17) is 23.2 Å². The maximum absolute atomic E-state index is 12.6. The molecule has 6 nitrogen and oxygen atoms in total. The number of hydrogen-bond acceptors (Lipinski definition) is 4. The lowest BCUT2D eigenvalue weighted by molar-refractivity contribution is -0.112. The van der Waals surface area contributed by atoms with Crippen molar-refractivity contribution < 1.29 is 9.59 Å². The van der Waals surface area contributed by atoms with E-state index in [-0.39, 0.29) is 21.3 Å². The minimum Gasteiger partial charge on any atom is -0.328 e. The van der Waals surface area contributed by atoms with Gasteiger partial charge in [0.1, 0.15) is 5.65 Å². The average Bonchev–Trinajstić information content (AvgIpc) is 2.97. The summed E-state index contributed by atoms with van der Waals surface area (Å²) < 4.78 is 1.75. The Balaban J connectivity index is 1.97. The summed E-state index contributed by atoms with van der Waals surface area (Å²) in [4.78, 5) is 33.1. The molecule has 8 heteroatoms. The summed E-state index contributed by atoms with van der Waals surface area (Å²) in [5.41, 5.74) is 0.979. The van der Waals surface area contributed by atoms with Gasteiger partial charge in [-0.25, -0.2) is 4.98 Å². The third-order valence-corrected chi connectivity index (χ3v) is 4.08. The molecule has 0 aromatic carbocycles. The molecule has 0 aliphatic rings. The van der Waals surface area contributed by atoms with E-state index in [1.165, 1.54) is 12.4 Å². The molecular weight excluding hydrogens is 363 g/mol. The average molecular weight is 375 g/mol. The summed E-state index contributed by atoms with van der Waals surface area (Å²) >= 11 is 11.9. The van der Waals surface area contributed by atoms with Crippen LogP contribution in [0.2, 0.25) is 10.0 Å². The zero-order chi connectivity index (χ0) is 18.0. The minimum atomic E-state index is -0.850. The van der Waals surface area contributed by atoms with Crippen molar-refractivity contribution in [2.24, 2.45) is 0 Å². The number of allylic oxidation sites excluding steroid dienone is 1. The number of fused-ring (bicyclic) bond motifs is 1. The van der Waals surface area contributed by atoms with Crippen molar-refractivity contribution in [2.75, 3.05) is 5.32 Å². The number of nitrogens with zero attached hydrogens (tertiary/aromatic N) is 3. The first kappa shape index (κ1) is 17.1. The van der Waals surface area contributed by atoms with Gasteiger partial charge in [0.05, 0.1) is 21.3 Å². The molecule has 0 spiro atoms. The van der Waals surface area contributed by atoms with Gasteiger partial charge in [0.25, 0.3) is 11.7 Å². The summed E-state index contributed by atoms with van der Waals surface area (Å²) in [6, 6.07) is 3.43. The second-order valence-electron chi connectivity index (χ2n) is 5.12. The van der Waals surface area contributed by atoms with Crippen molar-refractivity contribution >= 4 is 51.6 Å². The summed E-state index contributed by atoms with van der Waals surface area (Å²) in [5.74, 6) is -1.57. The van der Waals surface area contributed by atoms with Crippen LogP contribution in [0.1, 0.15) is 10.4 Å². The van der Waals surface area contributed by atoms with Crippen molar-refractivity contribution in [3.63, 3.8) is 0 Å². The Kier molecular flexibility index (Phi) is 4.83. The molecule has 126 valence electrons. The van der Waals surface area contributed by atoms with E-state index in [2.05, 4.69) is 21.9 Å². The van der Waals surface area contributed by atoms with Gasteiger partial charge in [-0.1, -0.05) is 29.3 Å². The zero-order valence-electron chi connectivity index (χ0n) is 12.9. The Morgan fingerprint density at radius 1 is 1.28 bits per heavy atom. The van der Waals surface area contributed by atoms with Crippen molar-refractivity contribution in [1.82, 2.24) is 14.5 Å². The Morgan fingerprint density at radius 2 is 2.00 bits per heavy atom. The van der Waals surface area contributed by atoms with Crippen LogP contribution in [0.5, 0.6) is 0 Å². The van der Waals surface area contributed by atoms with Crippen molar-refractivity contribution in [3.8, 4) is 0 Å². The molecular formula is C17H12Cl2N4O2. The number of ketones is 1. The van der Waals surface area contributed by atoms with Gasteiger partial charge in [0.15, 0.2) is 0 Å². The minimum absolute atomic E-state index is 0.143. The Labute approximate surface area is 153 Å². The van der Waals surface area contributed by atoms with Crippen LogP contribution in [-0.4, -0.2) is 26.2 Å². The number of halogens is 2. The predicted molar refractivity (Wildman–Crippen MR) is 97.1 cm³/mol. The number of pyridine rings is 2. The third-order valence-electron chi connectivity index (χ3n) is 3.50. The number of rotatable bonds is 5. The third kappa shape index (κ3) is 3.26. The fourth-order valence-corrected chi connectivity index (χ4v) is 2.86. The number of amides is 1.